The van der Waals surface area contributed by atoms with E-state index in [2.05, 4.69) is 10.1 Å². The molecule has 0 saturated carbocycles. The number of carbonyl (C=O) groups excluding carboxylic acids is 2. The number of aromatic nitrogens is 2. The van der Waals surface area contributed by atoms with Gasteiger partial charge in [-0.1, -0.05) is 5.16 Å². The average molecular weight is 334 g/mol. The minimum absolute atomic E-state index is 0.0749. The minimum Gasteiger partial charge on any atom is -0.361 e. The van der Waals surface area contributed by atoms with Crippen molar-refractivity contribution < 1.29 is 14.1 Å². The SMILES string of the molecule is Cc1cc(C(=O)N2CCc3nc(C(=O)N(C)C)sc3CC2)no1. The Balaban J connectivity index is 1.72. The van der Waals surface area contributed by atoms with Gasteiger partial charge in [-0.2, -0.15) is 0 Å². The van der Waals surface area contributed by atoms with Gasteiger partial charge < -0.3 is 14.3 Å². The number of thiazole rings is 1. The van der Waals surface area contributed by atoms with Crippen molar-refractivity contribution in [2.24, 2.45) is 0 Å². The van der Waals surface area contributed by atoms with Crippen LogP contribution in [0.25, 0.3) is 0 Å². The third-order valence-corrected chi connectivity index (χ3v) is 4.87. The summed E-state index contributed by atoms with van der Waals surface area (Å²) in [4.78, 5) is 33.3. The Bertz CT molecular complexity index is 724. The van der Waals surface area contributed by atoms with Gasteiger partial charge in [-0.25, -0.2) is 4.98 Å². The van der Waals surface area contributed by atoms with E-state index < -0.39 is 0 Å². The maximum absolute atomic E-state index is 12.4. The quantitative estimate of drug-likeness (QED) is 0.829. The average Bonchev–Trinajstić information content (AvgIpc) is 3.08. The summed E-state index contributed by atoms with van der Waals surface area (Å²) in [5.74, 6) is 0.423. The first kappa shape index (κ1) is 15.7. The molecule has 7 nitrogen and oxygen atoms in total. The number of nitrogens with zero attached hydrogens (tertiary/aromatic N) is 4. The van der Waals surface area contributed by atoms with Crippen LogP contribution in [0.3, 0.4) is 0 Å². The second kappa shape index (κ2) is 6.11. The number of rotatable bonds is 2. The van der Waals surface area contributed by atoms with E-state index in [1.807, 2.05) is 0 Å². The highest BCUT2D eigenvalue weighted by Crippen LogP contribution is 2.24. The molecule has 122 valence electrons. The molecule has 0 unspecified atom stereocenters. The summed E-state index contributed by atoms with van der Waals surface area (Å²) in [5.41, 5.74) is 1.26. The van der Waals surface area contributed by atoms with Gasteiger partial charge in [0.2, 0.25) is 0 Å². The Labute approximate surface area is 137 Å². The standard InChI is InChI=1S/C15H18N4O3S/c1-9-8-11(17-22-9)14(20)19-6-4-10-12(5-7-19)23-13(16-10)15(21)18(2)3/h8H,4-7H2,1-3H3. The molecule has 0 saturated heterocycles. The second-order valence-electron chi connectivity index (χ2n) is 5.70. The lowest BCUT2D eigenvalue weighted by Crippen LogP contribution is -2.33. The molecule has 0 aliphatic carbocycles. The second-order valence-corrected chi connectivity index (χ2v) is 6.79. The molecule has 0 atom stereocenters. The van der Waals surface area contributed by atoms with Crippen LogP contribution in [0.15, 0.2) is 10.6 Å². The monoisotopic (exact) mass is 334 g/mol. The first-order valence-electron chi connectivity index (χ1n) is 7.38. The molecule has 0 bridgehead atoms. The molecule has 3 heterocycles. The van der Waals surface area contributed by atoms with Crippen molar-refractivity contribution in [3.05, 3.63) is 33.1 Å². The molecule has 0 N–H and O–H groups in total. The van der Waals surface area contributed by atoms with Crippen LogP contribution in [-0.2, 0) is 12.8 Å². The summed E-state index contributed by atoms with van der Waals surface area (Å²) in [6.07, 6.45) is 1.35. The summed E-state index contributed by atoms with van der Waals surface area (Å²) in [7, 11) is 3.44. The molecule has 0 spiro atoms. The van der Waals surface area contributed by atoms with Crippen molar-refractivity contribution in [1.82, 2.24) is 19.9 Å². The lowest BCUT2D eigenvalue weighted by Gasteiger charge is -2.18. The maximum Gasteiger partial charge on any atom is 0.282 e. The third-order valence-electron chi connectivity index (χ3n) is 3.73. The smallest absolute Gasteiger partial charge is 0.282 e. The molecule has 2 aromatic rings. The summed E-state index contributed by atoms with van der Waals surface area (Å²) >= 11 is 1.42. The maximum atomic E-state index is 12.4. The zero-order valence-corrected chi connectivity index (χ0v) is 14.1. The van der Waals surface area contributed by atoms with Gasteiger partial charge >= 0.3 is 0 Å². The summed E-state index contributed by atoms with van der Waals surface area (Å²) in [6, 6.07) is 1.65. The first-order chi connectivity index (χ1) is 11.0. The Morgan fingerprint density at radius 1 is 1.30 bits per heavy atom. The Kier molecular flexibility index (Phi) is 4.16. The molecule has 3 rings (SSSR count). The fourth-order valence-corrected chi connectivity index (χ4v) is 3.60. The zero-order valence-electron chi connectivity index (χ0n) is 13.3. The highest BCUT2D eigenvalue weighted by molar-refractivity contribution is 7.13. The topological polar surface area (TPSA) is 79.5 Å². The van der Waals surface area contributed by atoms with Crippen LogP contribution < -0.4 is 0 Å². The predicted octanol–water partition coefficient (Wildman–Crippen LogP) is 1.38. The number of fused-ring (bicyclic) bond motifs is 1. The van der Waals surface area contributed by atoms with Crippen LogP contribution in [0.4, 0.5) is 0 Å². The van der Waals surface area contributed by atoms with E-state index >= 15 is 0 Å². The predicted molar refractivity (Wildman–Crippen MR) is 84.7 cm³/mol. The van der Waals surface area contributed by atoms with Crippen LogP contribution in [-0.4, -0.2) is 58.9 Å². The van der Waals surface area contributed by atoms with E-state index in [4.69, 9.17) is 4.52 Å². The van der Waals surface area contributed by atoms with Gasteiger partial charge in [0.25, 0.3) is 11.8 Å². The van der Waals surface area contributed by atoms with Crippen molar-refractivity contribution >= 4 is 23.2 Å². The van der Waals surface area contributed by atoms with E-state index in [-0.39, 0.29) is 11.8 Å². The molecular formula is C15H18N4O3S. The lowest BCUT2D eigenvalue weighted by atomic mass is 10.2. The number of hydrogen-bond acceptors (Lipinski definition) is 6. The number of aryl methyl sites for hydroxylation is 1. The summed E-state index contributed by atoms with van der Waals surface area (Å²) < 4.78 is 4.97. The van der Waals surface area contributed by atoms with E-state index in [1.165, 1.54) is 16.2 Å². The normalized spacial score (nSPS) is 14.3. The van der Waals surface area contributed by atoms with Gasteiger partial charge in [-0.3, -0.25) is 9.59 Å². The van der Waals surface area contributed by atoms with Crippen molar-refractivity contribution in [2.75, 3.05) is 27.2 Å². The molecule has 1 aliphatic rings. The van der Waals surface area contributed by atoms with Crippen LogP contribution >= 0.6 is 11.3 Å². The first-order valence-corrected chi connectivity index (χ1v) is 8.20. The number of hydrogen-bond donors (Lipinski definition) is 0. The van der Waals surface area contributed by atoms with Gasteiger partial charge in [0.15, 0.2) is 10.7 Å². The summed E-state index contributed by atoms with van der Waals surface area (Å²) in [6.45, 7) is 2.92. The highest BCUT2D eigenvalue weighted by Gasteiger charge is 2.25. The van der Waals surface area contributed by atoms with E-state index in [9.17, 15) is 9.59 Å². The molecule has 0 fully saturated rings. The van der Waals surface area contributed by atoms with E-state index in [1.54, 1.807) is 32.0 Å². The van der Waals surface area contributed by atoms with Crippen LogP contribution in [0, 0.1) is 6.92 Å². The van der Waals surface area contributed by atoms with Gasteiger partial charge in [-0.05, 0) is 6.92 Å². The van der Waals surface area contributed by atoms with Crippen molar-refractivity contribution in [3.63, 3.8) is 0 Å². The van der Waals surface area contributed by atoms with Crippen LogP contribution in [0.2, 0.25) is 0 Å². The van der Waals surface area contributed by atoms with Crippen molar-refractivity contribution in [2.45, 2.75) is 19.8 Å². The van der Waals surface area contributed by atoms with Gasteiger partial charge in [0, 0.05) is 51.0 Å². The van der Waals surface area contributed by atoms with Crippen LogP contribution in [0.5, 0.6) is 0 Å². The van der Waals surface area contributed by atoms with Gasteiger partial charge in [0.1, 0.15) is 5.76 Å². The molecule has 2 aromatic heterocycles. The molecule has 0 aromatic carbocycles. The molecule has 0 radical (unpaired) electrons. The van der Waals surface area contributed by atoms with Gasteiger partial charge in [-0.15, -0.1) is 11.3 Å². The van der Waals surface area contributed by atoms with Crippen molar-refractivity contribution in [3.8, 4) is 0 Å². The molecule has 2 amide bonds. The van der Waals surface area contributed by atoms with Crippen molar-refractivity contribution in [1.29, 1.82) is 0 Å². The largest absolute Gasteiger partial charge is 0.361 e. The Morgan fingerprint density at radius 2 is 2.04 bits per heavy atom. The number of amides is 2. The Hall–Kier alpha value is -2.22. The molecular weight excluding hydrogens is 316 g/mol. The lowest BCUT2D eigenvalue weighted by molar-refractivity contribution is 0.0751. The zero-order chi connectivity index (χ0) is 16.6. The fraction of sp³-hybridized carbons (Fsp3) is 0.467. The highest BCUT2D eigenvalue weighted by atomic mass is 32.1. The number of carbonyl (C=O) groups is 2. The van der Waals surface area contributed by atoms with Gasteiger partial charge in [0.05, 0.1) is 5.69 Å². The molecule has 8 heteroatoms. The molecule has 1 aliphatic heterocycles. The fourth-order valence-electron chi connectivity index (χ4n) is 2.48. The van der Waals surface area contributed by atoms with E-state index in [0.717, 1.165) is 10.6 Å². The third kappa shape index (κ3) is 3.12. The Morgan fingerprint density at radius 3 is 2.70 bits per heavy atom. The van der Waals surface area contributed by atoms with E-state index in [0.29, 0.717) is 42.4 Å². The van der Waals surface area contributed by atoms with Crippen LogP contribution in [0.1, 0.15) is 36.6 Å². The minimum atomic E-state index is -0.124. The molecule has 23 heavy (non-hydrogen) atoms. The summed E-state index contributed by atoms with van der Waals surface area (Å²) in [5, 5.41) is 4.31.